The average Bonchev–Trinajstić information content (AvgIpc) is 2.80. The van der Waals surface area contributed by atoms with Gasteiger partial charge in [0.1, 0.15) is 0 Å². The molecule has 2 rings (SSSR count). The molecule has 1 saturated carbocycles. The van der Waals surface area contributed by atoms with Gasteiger partial charge in [0.2, 0.25) is 5.92 Å². The van der Waals surface area contributed by atoms with Gasteiger partial charge in [0.15, 0.2) is 0 Å². The summed E-state index contributed by atoms with van der Waals surface area (Å²) in [6, 6.07) is 4.25. The zero-order valence-electron chi connectivity index (χ0n) is 11.8. The van der Waals surface area contributed by atoms with Crippen molar-refractivity contribution in [3.63, 3.8) is 0 Å². The maximum absolute atomic E-state index is 13.3. The van der Waals surface area contributed by atoms with E-state index in [1.54, 1.807) is 11.3 Å². The third-order valence-corrected chi connectivity index (χ3v) is 5.29. The SMILES string of the molecule is CCCNC(Cc1ccc(Cl)s1)C1CCC(F)(F)CC1. The van der Waals surface area contributed by atoms with Gasteiger partial charge in [-0.2, -0.15) is 0 Å². The van der Waals surface area contributed by atoms with E-state index < -0.39 is 5.92 Å². The lowest BCUT2D eigenvalue weighted by molar-refractivity contribution is -0.0494. The molecular weight excluding hydrogens is 300 g/mol. The lowest BCUT2D eigenvalue weighted by atomic mass is 9.80. The average molecular weight is 322 g/mol. The molecule has 1 atom stereocenters. The van der Waals surface area contributed by atoms with Crippen molar-refractivity contribution in [1.29, 1.82) is 0 Å². The zero-order valence-corrected chi connectivity index (χ0v) is 13.4. The van der Waals surface area contributed by atoms with Crippen molar-refractivity contribution < 1.29 is 8.78 Å². The summed E-state index contributed by atoms with van der Waals surface area (Å²) in [4.78, 5) is 1.24. The molecule has 1 fully saturated rings. The molecule has 1 heterocycles. The highest BCUT2D eigenvalue weighted by Crippen LogP contribution is 2.38. The molecule has 0 spiro atoms. The molecule has 0 amide bonds. The molecule has 0 aliphatic heterocycles. The molecule has 0 radical (unpaired) electrons. The first-order chi connectivity index (χ1) is 9.50. The Morgan fingerprint density at radius 2 is 2.10 bits per heavy atom. The van der Waals surface area contributed by atoms with Crippen LogP contribution in [0.1, 0.15) is 43.9 Å². The van der Waals surface area contributed by atoms with E-state index in [2.05, 4.69) is 12.2 Å². The second kappa shape index (κ2) is 7.19. The van der Waals surface area contributed by atoms with Crippen LogP contribution >= 0.6 is 22.9 Å². The summed E-state index contributed by atoms with van der Waals surface area (Å²) in [5.74, 6) is -2.10. The van der Waals surface area contributed by atoms with Gasteiger partial charge in [-0.15, -0.1) is 11.3 Å². The fraction of sp³-hybridized carbons (Fsp3) is 0.733. The van der Waals surface area contributed by atoms with E-state index in [0.29, 0.717) is 24.8 Å². The smallest absolute Gasteiger partial charge is 0.248 e. The summed E-state index contributed by atoms with van der Waals surface area (Å²) in [5, 5.41) is 3.54. The largest absolute Gasteiger partial charge is 0.313 e. The molecule has 1 aliphatic carbocycles. The fourth-order valence-corrected chi connectivity index (χ4v) is 4.02. The molecule has 1 unspecified atom stereocenters. The summed E-state index contributed by atoms with van der Waals surface area (Å²) in [6.45, 7) is 3.07. The molecule has 1 aliphatic rings. The molecule has 0 aromatic carbocycles. The van der Waals surface area contributed by atoms with Crippen molar-refractivity contribution in [2.45, 2.75) is 57.4 Å². The Labute approximate surface area is 128 Å². The first-order valence-electron chi connectivity index (χ1n) is 7.35. The maximum atomic E-state index is 13.3. The molecule has 20 heavy (non-hydrogen) atoms. The molecule has 1 aromatic heterocycles. The first-order valence-corrected chi connectivity index (χ1v) is 8.55. The molecule has 5 heteroatoms. The number of hydrogen-bond donors (Lipinski definition) is 1. The number of alkyl halides is 2. The van der Waals surface area contributed by atoms with Crippen molar-refractivity contribution in [2.24, 2.45) is 5.92 Å². The lowest BCUT2D eigenvalue weighted by Gasteiger charge is -2.34. The van der Waals surface area contributed by atoms with Crippen molar-refractivity contribution in [3.8, 4) is 0 Å². The Hall–Kier alpha value is -0.190. The van der Waals surface area contributed by atoms with E-state index in [1.165, 1.54) is 4.88 Å². The highest BCUT2D eigenvalue weighted by Gasteiger charge is 2.37. The van der Waals surface area contributed by atoms with Gasteiger partial charge in [-0.1, -0.05) is 18.5 Å². The predicted molar refractivity (Wildman–Crippen MR) is 82.0 cm³/mol. The molecule has 0 saturated heterocycles. The summed E-state index contributed by atoms with van der Waals surface area (Å²) < 4.78 is 27.4. The standard InChI is InChI=1S/C15H22ClF2NS/c1-2-9-19-13(10-12-3-4-14(16)20-12)11-5-7-15(17,18)8-6-11/h3-4,11,13,19H,2,5-10H2,1H3. The topological polar surface area (TPSA) is 12.0 Å². The van der Waals surface area contributed by atoms with Crippen LogP contribution in [0.3, 0.4) is 0 Å². The van der Waals surface area contributed by atoms with Gasteiger partial charge in [0, 0.05) is 23.8 Å². The first kappa shape index (κ1) is 16.2. The van der Waals surface area contributed by atoms with Crippen LogP contribution in [0.4, 0.5) is 8.78 Å². The minimum Gasteiger partial charge on any atom is -0.313 e. The van der Waals surface area contributed by atoms with Crippen LogP contribution in [0.5, 0.6) is 0 Å². The fourth-order valence-electron chi connectivity index (χ4n) is 2.88. The molecule has 0 bridgehead atoms. The van der Waals surface area contributed by atoms with Gasteiger partial charge in [0.05, 0.1) is 4.34 Å². The molecule has 1 aromatic rings. The van der Waals surface area contributed by atoms with Gasteiger partial charge >= 0.3 is 0 Å². The van der Waals surface area contributed by atoms with Crippen LogP contribution in [-0.2, 0) is 6.42 Å². The van der Waals surface area contributed by atoms with Crippen molar-refractivity contribution >= 4 is 22.9 Å². The second-order valence-corrected chi connectivity index (χ2v) is 7.46. The highest BCUT2D eigenvalue weighted by molar-refractivity contribution is 7.16. The second-order valence-electron chi connectivity index (χ2n) is 5.66. The van der Waals surface area contributed by atoms with Gasteiger partial charge in [-0.25, -0.2) is 8.78 Å². The van der Waals surface area contributed by atoms with Crippen LogP contribution in [-0.4, -0.2) is 18.5 Å². The zero-order chi connectivity index (χ0) is 14.6. The summed E-state index contributed by atoms with van der Waals surface area (Å²) in [5.41, 5.74) is 0. The van der Waals surface area contributed by atoms with Crippen LogP contribution in [0.2, 0.25) is 4.34 Å². The van der Waals surface area contributed by atoms with Crippen LogP contribution in [0.15, 0.2) is 12.1 Å². The molecule has 1 nitrogen and oxygen atoms in total. The minimum absolute atomic E-state index is 0.0349. The lowest BCUT2D eigenvalue weighted by Crippen LogP contribution is -2.41. The van der Waals surface area contributed by atoms with Crippen molar-refractivity contribution in [2.75, 3.05) is 6.54 Å². The molecular formula is C15H22ClF2NS. The van der Waals surface area contributed by atoms with E-state index in [0.717, 1.165) is 23.7 Å². The van der Waals surface area contributed by atoms with Gasteiger partial charge in [-0.05, 0) is 50.3 Å². The highest BCUT2D eigenvalue weighted by atomic mass is 35.5. The van der Waals surface area contributed by atoms with E-state index in [9.17, 15) is 8.78 Å². The Morgan fingerprint density at radius 3 is 2.65 bits per heavy atom. The number of rotatable bonds is 6. The van der Waals surface area contributed by atoms with E-state index in [4.69, 9.17) is 11.6 Å². The Morgan fingerprint density at radius 1 is 1.40 bits per heavy atom. The summed E-state index contributed by atoms with van der Waals surface area (Å²) in [6.07, 6.45) is 3.26. The van der Waals surface area contributed by atoms with Gasteiger partial charge in [0.25, 0.3) is 0 Å². The monoisotopic (exact) mass is 321 g/mol. The Balaban J connectivity index is 1.96. The van der Waals surface area contributed by atoms with Gasteiger partial charge < -0.3 is 5.32 Å². The number of hydrogen-bond acceptors (Lipinski definition) is 2. The van der Waals surface area contributed by atoms with E-state index in [1.807, 2.05) is 12.1 Å². The number of nitrogens with one attached hydrogen (secondary N) is 1. The maximum Gasteiger partial charge on any atom is 0.248 e. The van der Waals surface area contributed by atoms with Crippen LogP contribution in [0, 0.1) is 5.92 Å². The van der Waals surface area contributed by atoms with Crippen molar-refractivity contribution in [1.82, 2.24) is 5.32 Å². The molecule has 114 valence electrons. The quantitative estimate of drug-likeness (QED) is 0.765. The van der Waals surface area contributed by atoms with Crippen LogP contribution < -0.4 is 5.32 Å². The predicted octanol–water partition coefficient (Wildman–Crippen LogP) is 5.14. The third kappa shape index (κ3) is 4.68. The van der Waals surface area contributed by atoms with E-state index in [-0.39, 0.29) is 12.8 Å². The van der Waals surface area contributed by atoms with Crippen molar-refractivity contribution in [3.05, 3.63) is 21.3 Å². The van der Waals surface area contributed by atoms with E-state index >= 15 is 0 Å². The Kier molecular flexibility index (Phi) is 5.82. The normalized spacial score (nSPS) is 21.0. The Bertz CT molecular complexity index is 412. The minimum atomic E-state index is -2.45. The number of thiophene rings is 1. The third-order valence-electron chi connectivity index (χ3n) is 4.04. The molecule has 1 N–H and O–H groups in total. The van der Waals surface area contributed by atoms with Crippen LogP contribution in [0.25, 0.3) is 0 Å². The number of halogens is 3. The summed E-state index contributed by atoms with van der Waals surface area (Å²) in [7, 11) is 0. The summed E-state index contributed by atoms with van der Waals surface area (Å²) >= 11 is 7.56. The van der Waals surface area contributed by atoms with Gasteiger partial charge in [-0.3, -0.25) is 0 Å².